The van der Waals surface area contributed by atoms with Crippen LogP contribution in [0, 0.1) is 6.92 Å². The van der Waals surface area contributed by atoms with Crippen molar-refractivity contribution >= 4 is 29.0 Å². The van der Waals surface area contributed by atoms with E-state index in [1.807, 2.05) is 18.4 Å². The molecule has 1 unspecified atom stereocenters. The molecule has 2 aromatic heterocycles. The second kappa shape index (κ2) is 5.92. The Morgan fingerprint density at radius 2 is 2.41 bits per heavy atom. The third-order valence-corrected chi connectivity index (χ3v) is 4.40. The first-order valence-corrected chi connectivity index (χ1v) is 8.09. The summed E-state index contributed by atoms with van der Waals surface area (Å²) in [5, 5.41) is 11.3. The van der Waals surface area contributed by atoms with Crippen LogP contribution in [-0.4, -0.2) is 28.3 Å². The molecule has 0 radical (unpaired) electrons. The summed E-state index contributed by atoms with van der Waals surface area (Å²) in [7, 11) is 0. The molecule has 3 heterocycles. The number of nitrogens with one attached hydrogen (secondary N) is 1. The predicted octanol–water partition coefficient (Wildman–Crippen LogP) is 2.29. The summed E-state index contributed by atoms with van der Waals surface area (Å²) in [5.41, 5.74) is 2.93. The number of rotatable bonds is 4. The van der Waals surface area contributed by atoms with Gasteiger partial charge in [0.25, 0.3) is 0 Å². The van der Waals surface area contributed by atoms with Gasteiger partial charge in [-0.15, -0.1) is 0 Å². The van der Waals surface area contributed by atoms with E-state index in [9.17, 15) is 9.59 Å². The van der Waals surface area contributed by atoms with Gasteiger partial charge in [0.15, 0.2) is 0 Å². The molecule has 0 aromatic carbocycles. The van der Waals surface area contributed by atoms with Crippen molar-refractivity contribution in [2.24, 2.45) is 0 Å². The van der Waals surface area contributed by atoms with Crippen molar-refractivity contribution in [1.29, 1.82) is 0 Å². The average molecular weight is 319 g/mol. The Bertz CT molecular complexity index is 706. The van der Waals surface area contributed by atoms with E-state index in [-0.39, 0.29) is 24.3 Å². The molecule has 22 heavy (non-hydrogen) atoms. The molecule has 116 valence electrons. The van der Waals surface area contributed by atoms with Crippen LogP contribution in [0.4, 0.5) is 5.82 Å². The van der Waals surface area contributed by atoms with Gasteiger partial charge in [-0.05, 0) is 36.2 Å². The predicted molar refractivity (Wildman–Crippen MR) is 83.0 cm³/mol. The lowest BCUT2D eigenvalue weighted by Gasteiger charge is -2.23. The standard InChI is InChI=1S/C15H17N3O3S/c1-3-21-13(20)7-18-15-14(9(2)17-18)11(6-12(19)16-15)10-4-5-22-8-10/h4-5,8,11H,3,6-7H2,1-2H3,(H,16,19). The van der Waals surface area contributed by atoms with Crippen molar-refractivity contribution < 1.29 is 14.3 Å². The van der Waals surface area contributed by atoms with Crippen molar-refractivity contribution in [3.05, 3.63) is 33.6 Å². The van der Waals surface area contributed by atoms with Gasteiger partial charge in [0, 0.05) is 17.9 Å². The number of thiophene rings is 1. The third-order valence-electron chi connectivity index (χ3n) is 3.70. The number of carbonyl (C=O) groups excluding carboxylic acids is 2. The quantitative estimate of drug-likeness (QED) is 0.878. The molecule has 1 aliphatic rings. The van der Waals surface area contributed by atoms with Crippen LogP contribution in [0.1, 0.15) is 36.1 Å². The average Bonchev–Trinajstić information content (AvgIpc) is 3.08. The van der Waals surface area contributed by atoms with Crippen LogP contribution in [-0.2, 0) is 20.9 Å². The van der Waals surface area contributed by atoms with Gasteiger partial charge in [-0.2, -0.15) is 16.4 Å². The Morgan fingerprint density at radius 3 is 3.09 bits per heavy atom. The second-order valence-corrected chi connectivity index (χ2v) is 5.95. The van der Waals surface area contributed by atoms with Crippen LogP contribution in [0.3, 0.4) is 0 Å². The van der Waals surface area contributed by atoms with Gasteiger partial charge in [0.1, 0.15) is 12.4 Å². The van der Waals surface area contributed by atoms with E-state index in [1.54, 1.807) is 18.3 Å². The van der Waals surface area contributed by atoms with Crippen LogP contribution in [0.25, 0.3) is 0 Å². The number of anilines is 1. The smallest absolute Gasteiger partial charge is 0.327 e. The molecule has 0 spiro atoms. The molecule has 3 rings (SSSR count). The minimum absolute atomic E-state index is 0.000645. The number of carbonyl (C=O) groups is 2. The van der Waals surface area contributed by atoms with Crippen LogP contribution in [0.2, 0.25) is 0 Å². The lowest BCUT2D eigenvalue weighted by atomic mass is 9.87. The van der Waals surface area contributed by atoms with E-state index in [2.05, 4.69) is 15.8 Å². The lowest BCUT2D eigenvalue weighted by molar-refractivity contribution is -0.144. The molecule has 2 aromatic rings. The van der Waals surface area contributed by atoms with Crippen LogP contribution in [0.15, 0.2) is 16.8 Å². The highest BCUT2D eigenvalue weighted by Gasteiger charge is 2.32. The van der Waals surface area contributed by atoms with Gasteiger partial charge in [0.05, 0.1) is 12.3 Å². The molecule has 1 amide bonds. The molecule has 0 fully saturated rings. The van der Waals surface area contributed by atoms with Crippen molar-refractivity contribution in [3.63, 3.8) is 0 Å². The number of nitrogens with zero attached hydrogens (tertiary/aromatic N) is 2. The Morgan fingerprint density at radius 1 is 1.59 bits per heavy atom. The fourth-order valence-electron chi connectivity index (χ4n) is 2.82. The van der Waals surface area contributed by atoms with Crippen molar-refractivity contribution in [3.8, 4) is 0 Å². The SMILES string of the molecule is CCOC(=O)Cn1nc(C)c2c1NC(=O)CC2c1ccsc1. The fourth-order valence-corrected chi connectivity index (χ4v) is 3.53. The minimum Gasteiger partial charge on any atom is -0.465 e. The Balaban J connectivity index is 1.99. The molecule has 7 heteroatoms. The number of aromatic nitrogens is 2. The highest BCUT2D eigenvalue weighted by atomic mass is 32.1. The maximum absolute atomic E-state index is 12.0. The zero-order valence-corrected chi connectivity index (χ0v) is 13.3. The number of ether oxygens (including phenoxy) is 1. The first-order valence-electron chi connectivity index (χ1n) is 7.15. The molecule has 1 N–H and O–H groups in total. The second-order valence-electron chi connectivity index (χ2n) is 5.17. The Labute approximate surface area is 132 Å². The molecule has 0 saturated carbocycles. The van der Waals surface area contributed by atoms with Crippen LogP contribution < -0.4 is 5.32 Å². The third kappa shape index (κ3) is 2.64. The highest BCUT2D eigenvalue weighted by Crippen LogP contribution is 2.39. The maximum atomic E-state index is 12.0. The van der Waals surface area contributed by atoms with Crippen molar-refractivity contribution in [1.82, 2.24) is 9.78 Å². The number of hydrogen-bond acceptors (Lipinski definition) is 5. The fraction of sp³-hybridized carbons (Fsp3) is 0.400. The summed E-state index contributed by atoms with van der Waals surface area (Å²) in [5.74, 6) is 0.178. The largest absolute Gasteiger partial charge is 0.465 e. The highest BCUT2D eigenvalue weighted by molar-refractivity contribution is 7.08. The van der Waals surface area contributed by atoms with E-state index in [1.165, 1.54) is 4.68 Å². The zero-order valence-electron chi connectivity index (χ0n) is 12.5. The number of hydrogen-bond donors (Lipinski definition) is 1. The van der Waals surface area contributed by atoms with Gasteiger partial charge in [0.2, 0.25) is 5.91 Å². The first kappa shape index (κ1) is 14.8. The summed E-state index contributed by atoms with van der Waals surface area (Å²) in [6.45, 7) is 3.99. The summed E-state index contributed by atoms with van der Waals surface area (Å²) in [6.07, 6.45) is 0.398. The van der Waals surface area contributed by atoms with E-state index in [0.717, 1.165) is 16.8 Å². The monoisotopic (exact) mass is 319 g/mol. The van der Waals surface area contributed by atoms with Crippen molar-refractivity contribution in [2.75, 3.05) is 11.9 Å². The van der Waals surface area contributed by atoms with Gasteiger partial charge in [-0.3, -0.25) is 9.59 Å². The van der Waals surface area contributed by atoms with E-state index in [0.29, 0.717) is 18.8 Å². The van der Waals surface area contributed by atoms with Gasteiger partial charge < -0.3 is 10.1 Å². The summed E-state index contributed by atoms with van der Waals surface area (Å²) >= 11 is 1.61. The van der Waals surface area contributed by atoms with E-state index in [4.69, 9.17) is 4.74 Å². The van der Waals surface area contributed by atoms with Gasteiger partial charge in [-0.25, -0.2) is 4.68 Å². The molecule has 0 bridgehead atoms. The zero-order chi connectivity index (χ0) is 15.7. The Kier molecular flexibility index (Phi) is 3.98. The normalized spacial score (nSPS) is 17.0. The van der Waals surface area contributed by atoms with Gasteiger partial charge in [-0.1, -0.05) is 0 Å². The maximum Gasteiger partial charge on any atom is 0.327 e. The summed E-state index contributed by atoms with van der Waals surface area (Å²) in [4.78, 5) is 23.7. The number of esters is 1. The minimum atomic E-state index is -0.361. The van der Waals surface area contributed by atoms with Gasteiger partial charge >= 0.3 is 5.97 Å². The molecular weight excluding hydrogens is 302 g/mol. The van der Waals surface area contributed by atoms with E-state index < -0.39 is 0 Å². The molecule has 1 atom stereocenters. The van der Waals surface area contributed by atoms with Crippen molar-refractivity contribution in [2.45, 2.75) is 32.7 Å². The number of aryl methyl sites for hydroxylation is 1. The summed E-state index contributed by atoms with van der Waals surface area (Å²) in [6, 6.07) is 2.03. The number of amides is 1. The van der Waals surface area contributed by atoms with E-state index >= 15 is 0 Å². The van der Waals surface area contributed by atoms with Crippen LogP contribution >= 0.6 is 11.3 Å². The lowest BCUT2D eigenvalue weighted by Crippen LogP contribution is -2.26. The topological polar surface area (TPSA) is 73.2 Å². The molecule has 6 nitrogen and oxygen atoms in total. The molecular formula is C15H17N3O3S. The summed E-state index contributed by atoms with van der Waals surface area (Å²) < 4.78 is 6.49. The number of fused-ring (bicyclic) bond motifs is 1. The Hall–Kier alpha value is -2.15. The first-order chi connectivity index (χ1) is 10.6. The molecule has 0 aliphatic carbocycles. The molecule has 0 saturated heterocycles. The molecule has 1 aliphatic heterocycles. The van der Waals surface area contributed by atoms with Crippen LogP contribution in [0.5, 0.6) is 0 Å².